The van der Waals surface area contributed by atoms with Crippen LogP contribution in [0, 0.1) is 0 Å². The lowest BCUT2D eigenvalue weighted by molar-refractivity contribution is -0.137. The van der Waals surface area contributed by atoms with Gasteiger partial charge in [0.15, 0.2) is 0 Å². The van der Waals surface area contributed by atoms with Crippen molar-refractivity contribution in [3.8, 4) is 0 Å². The lowest BCUT2D eigenvalue weighted by Crippen LogP contribution is -2.50. The van der Waals surface area contributed by atoms with Crippen molar-refractivity contribution in [2.45, 2.75) is 31.0 Å². The average Bonchev–Trinajstić information content (AvgIpc) is 2.62. The molecule has 0 aromatic heterocycles. The topological polar surface area (TPSA) is 38.3 Å². The molecular weight excluding hydrogens is 423 g/mol. The third-order valence-electron chi connectivity index (χ3n) is 4.74. The Hall–Kier alpha value is -1.86. The SMILES string of the molecule is O=C(Cc1cccc(C(F)(F)F)c1)NC1(c2ccc(Br)cc2)CCOCC1. The second-order valence-corrected chi connectivity index (χ2v) is 7.54. The molecule has 0 unspecified atom stereocenters. The molecule has 27 heavy (non-hydrogen) atoms. The monoisotopic (exact) mass is 441 g/mol. The Morgan fingerprint density at radius 3 is 2.41 bits per heavy atom. The van der Waals surface area contributed by atoms with Gasteiger partial charge in [-0.05, 0) is 42.2 Å². The van der Waals surface area contributed by atoms with E-state index in [1.165, 1.54) is 12.1 Å². The number of carbonyl (C=O) groups excluding carboxylic acids is 1. The predicted octanol–water partition coefficient (Wildman–Crippen LogP) is 4.83. The van der Waals surface area contributed by atoms with Gasteiger partial charge in [-0.2, -0.15) is 13.2 Å². The van der Waals surface area contributed by atoms with Crippen LogP contribution < -0.4 is 5.32 Å². The summed E-state index contributed by atoms with van der Waals surface area (Å²) in [7, 11) is 0. The van der Waals surface area contributed by atoms with E-state index in [1.54, 1.807) is 0 Å². The molecule has 1 N–H and O–H groups in total. The van der Waals surface area contributed by atoms with Gasteiger partial charge in [-0.1, -0.05) is 46.3 Å². The number of rotatable bonds is 4. The Kier molecular flexibility index (Phi) is 5.91. The highest BCUT2D eigenvalue weighted by Gasteiger charge is 2.36. The molecule has 3 rings (SSSR count). The maximum absolute atomic E-state index is 12.9. The molecule has 1 heterocycles. The van der Waals surface area contributed by atoms with Crippen LogP contribution in [0.4, 0.5) is 13.2 Å². The van der Waals surface area contributed by atoms with E-state index >= 15 is 0 Å². The minimum Gasteiger partial charge on any atom is -0.381 e. The number of halogens is 4. The van der Waals surface area contributed by atoms with E-state index in [0.29, 0.717) is 31.6 Å². The summed E-state index contributed by atoms with van der Waals surface area (Å²) in [6.45, 7) is 1.03. The molecule has 2 aromatic carbocycles. The van der Waals surface area contributed by atoms with Crippen molar-refractivity contribution in [2.24, 2.45) is 0 Å². The van der Waals surface area contributed by atoms with Crippen molar-refractivity contribution in [1.29, 1.82) is 0 Å². The zero-order valence-corrected chi connectivity index (χ0v) is 16.1. The summed E-state index contributed by atoms with van der Waals surface area (Å²) in [5.41, 5.74) is -0.0225. The molecule has 3 nitrogen and oxygen atoms in total. The van der Waals surface area contributed by atoms with Crippen molar-refractivity contribution in [1.82, 2.24) is 5.32 Å². The summed E-state index contributed by atoms with van der Waals surface area (Å²) in [5.74, 6) is -0.306. The van der Waals surface area contributed by atoms with E-state index in [1.807, 2.05) is 24.3 Å². The van der Waals surface area contributed by atoms with E-state index in [2.05, 4.69) is 21.2 Å². The lowest BCUT2D eigenvalue weighted by atomic mass is 9.82. The van der Waals surface area contributed by atoms with E-state index < -0.39 is 17.3 Å². The highest BCUT2D eigenvalue weighted by Crippen LogP contribution is 2.33. The van der Waals surface area contributed by atoms with Crippen LogP contribution in [0.3, 0.4) is 0 Å². The largest absolute Gasteiger partial charge is 0.416 e. The van der Waals surface area contributed by atoms with Gasteiger partial charge in [0.2, 0.25) is 5.91 Å². The molecule has 0 spiro atoms. The van der Waals surface area contributed by atoms with Crippen LogP contribution in [0.1, 0.15) is 29.5 Å². The third-order valence-corrected chi connectivity index (χ3v) is 5.27. The predicted molar refractivity (Wildman–Crippen MR) is 99.2 cm³/mol. The molecule has 0 radical (unpaired) electrons. The summed E-state index contributed by atoms with van der Waals surface area (Å²) in [5, 5.41) is 3.06. The van der Waals surface area contributed by atoms with Gasteiger partial charge >= 0.3 is 6.18 Å². The van der Waals surface area contributed by atoms with Gasteiger partial charge in [-0.25, -0.2) is 0 Å². The number of hydrogen-bond donors (Lipinski definition) is 1. The highest BCUT2D eigenvalue weighted by molar-refractivity contribution is 9.10. The normalized spacial score (nSPS) is 16.7. The van der Waals surface area contributed by atoms with E-state index in [9.17, 15) is 18.0 Å². The second kappa shape index (κ2) is 8.02. The fourth-order valence-corrected chi connectivity index (χ4v) is 3.59. The van der Waals surface area contributed by atoms with Crippen LogP contribution in [0.15, 0.2) is 53.0 Å². The molecule has 1 fully saturated rings. The Morgan fingerprint density at radius 1 is 1.11 bits per heavy atom. The van der Waals surface area contributed by atoms with Crippen molar-refractivity contribution >= 4 is 21.8 Å². The van der Waals surface area contributed by atoms with Crippen molar-refractivity contribution in [2.75, 3.05) is 13.2 Å². The number of alkyl halides is 3. The molecule has 1 saturated heterocycles. The fourth-order valence-electron chi connectivity index (χ4n) is 3.33. The molecule has 2 aromatic rings. The number of carbonyl (C=O) groups is 1. The summed E-state index contributed by atoms with van der Waals surface area (Å²) in [6, 6.07) is 12.6. The van der Waals surface area contributed by atoms with Crippen LogP contribution in [-0.4, -0.2) is 19.1 Å². The summed E-state index contributed by atoms with van der Waals surface area (Å²) in [6.07, 6.45) is -3.30. The number of nitrogens with one attached hydrogen (secondary N) is 1. The van der Waals surface area contributed by atoms with Gasteiger partial charge in [-0.15, -0.1) is 0 Å². The maximum atomic E-state index is 12.9. The lowest BCUT2D eigenvalue weighted by Gasteiger charge is -2.38. The zero-order chi connectivity index (χ0) is 19.5. The molecule has 7 heteroatoms. The number of amides is 1. The van der Waals surface area contributed by atoms with Gasteiger partial charge in [0.1, 0.15) is 0 Å². The van der Waals surface area contributed by atoms with Crippen molar-refractivity contribution in [3.63, 3.8) is 0 Å². The summed E-state index contributed by atoms with van der Waals surface area (Å²) in [4.78, 5) is 12.6. The van der Waals surface area contributed by atoms with Gasteiger partial charge in [0.25, 0.3) is 0 Å². The Balaban J connectivity index is 1.78. The highest BCUT2D eigenvalue weighted by atomic mass is 79.9. The summed E-state index contributed by atoms with van der Waals surface area (Å²) < 4.78 is 45.0. The Morgan fingerprint density at radius 2 is 1.78 bits per heavy atom. The van der Waals surface area contributed by atoms with Crippen LogP contribution in [-0.2, 0) is 27.7 Å². The summed E-state index contributed by atoms with van der Waals surface area (Å²) >= 11 is 3.40. The fraction of sp³-hybridized carbons (Fsp3) is 0.350. The van der Waals surface area contributed by atoms with Crippen molar-refractivity contribution in [3.05, 3.63) is 69.7 Å². The quantitative estimate of drug-likeness (QED) is 0.737. The number of ether oxygens (including phenoxy) is 1. The molecule has 0 saturated carbocycles. The smallest absolute Gasteiger partial charge is 0.381 e. The molecule has 0 atom stereocenters. The number of hydrogen-bond acceptors (Lipinski definition) is 2. The Bertz CT molecular complexity index is 800. The molecular formula is C20H19BrF3NO2. The average molecular weight is 442 g/mol. The van der Waals surface area contributed by atoms with E-state index in [0.717, 1.165) is 22.2 Å². The van der Waals surface area contributed by atoms with Gasteiger partial charge < -0.3 is 10.1 Å². The second-order valence-electron chi connectivity index (χ2n) is 6.62. The minimum absolute atomic E-state index is 0.108. The van der Waals surface area contributed by atoms with Crippen LogP contribution in [0.25, 0.3) is 0 Å². The minimum atomic E-state index is -4.42. The van der Waals surface area contributed by atoms with Crippen LogP contribution in [0.5, 0.6) is 0 Å². The molecule has 144 valence electrons. The van der Waals surface area contributed by atoms with Crippen LogP contribution in [0.2, 0.25) is 0 Å². The number of benzene rings is 2. The Labute approximate surface area is 164 Å². The van der Waals surface area contributed by atoms with Crippen molar-refractivity contribution < 1.29 is 22.7 Å². The molecule has 1 amide bonds. The zero-order valence-electron chi connectivity index (χ0n) is 14.5. The van der Waals surface area contributed by atoms with Gasteiger partial charge in [0.05, 0.1) is 17.5 Å². The molecule has 0 bridgehead atoms. The standard InChI is InChI=1S/C20H19BrF3NO2/c21-17-6-4-15(5-7-17)19(8-10-27-11-9-19)25-18(26)13-14-2-1-3-16(12-14)20(22,23)24/h1-7,12H,8-11,13H2,(H,25,26). The maximum Gasteiger partial charge on any atom is 0.416 e. The van der Waals surface area contributed by atoms with Gasteiger partial charge in [0, 0.05) is 17.7 Å². The van der Waals surface area contributed by atoms with Crippen LogP contribution >= 0.6 is 15.9 Å². The third kappa shape index (κ3) is 4.90. The first-order valence-electron chi connectivity index (χ1n) is 8.59. The van der Waals surface area contributed by atoms with E-state index in [-0.39, 0.29) is 12.3 Å². The van der Waals surface area contributed by atoms with Gasteiger partial charge in [-0.3, -0.25) is 4.79 Å². The van der Waals surface area contributed by atoms with E-state index in [4.69, 9.17) is 4.74 Å². The molecule has 0 aliphatic carbocycles. The first kappa shape index (κ1) is 19.9. The first-order valence-corrected chi connectivity index (χ1v) is 9.39. The first-order chi connectivity index (χ1) is 12.8. The molecule has 1 aliphatic rings. The molecule has 1 aliphatic heterocycles.